The number of rotatable bonds is 8. The van der Waals surface area contributed by atoms with Gasteiger partial charge in [-0.3, -0.25) is 9.59 Å². The maximum atomic E-state index is 12.0. The minimum Gasteiger partial charge on any atom is -0.493 e. The lowest BCUT2D eigenvalue weighted by molar-refractivity contribution is -0.117. The highest BCUT2D eigenvalue weighted by Crippen LogP contribution is 2.36. The molecule has 0 spiro atoms. The summed E-state index contributed by atoms with van der Waals surface area (Å²) >= 11 is 0. The van der Waals surface area contributed by atoms with Crippen molar-refractivity contribution in [3.63, 3.8) is 0 Å². The molecule has 0 aliphatic heterocycles. The van der Waals surface area contributed by atoms with E-state index in [0.29, 0.717) is 29.4 Å². The van der Waals surface area contributed by atoms with E-state index in [0.717, 1.165) is 25.7 Å². The minimum atomic E-state index is -0.121. The van der Waals surface area contributed by atoms with Crippen LogP contribution in [0.4, 0.5) is 5.69 Å². The first-order valence-electron chi connectivity index (χ1n) is 7.73. The number of benzene rings is 1. The average molecular weight is 305 g/mol. The third kappa shape index (κ3) is 4.00. The van der Waals surface area contributed by atoms with Crippen LogP contribution in [0.1, 0.15) is 49.9 Å². The van der Waals surface area contributed by atoms with Crippen LogP contribution in [0.3, 0.4) is 0 Å². The number of nitrogens with one attached hydrogen (secondary N) is 1. The van der Waals surface area contributed by atoms with E-state index in [9.17, 15) is 9.59 Å². The molecule has 0 atom stereocenters. The molecule has 0 radical (unpaired) electrons. The van der Waals surface area contributed by atoms with Crippen LogP contribution in [0, 0.1) is 5.92 Å². The molecule has 5 heteroatoms. The number of methoxy groups -OCH3 is 1. The number of anilines is 1. The molecule has 120 valence electrons. The number of hydrogen-bond donors (Lipinski definition) is 1. The molecule has 1 fully saturated rings. The first kappa shape index (κ1) is 16.3. The molecule has 1 N–H and O–H groups in total. The second kappa shape index (κ2) is 7.29. The van der Waals surface area contributed by atoms with Crippen LogP contribution in [-0.4, -0.2) is 25.4 Å². The maximum Gasteiger partial charge on any atom is 0.227 e. The van der Waals surface area contributed by atoms with Gasteiger partial charge in [0.2, 0.25) is 5.91 Å². The summed E-state index contributed by atoms with van der Waals surface area (Å²) in [5.41, 5.74) is 0.936. The highest BCUT2D eigenvalue weighted by molar-refractivity contribution is 6.05. The molecule has 0 bridgehead atoms. The molecular formula is C17H23NO4. The van der Waals surface area contributed by atoms with Gasteiger partial charge in [-0.2, -0.15) is 0 Å². The number of ketones is 1. The van der Waals surface area contributed by atoms with Crippen LogP contribution in [-0.2, 0) is 4.79 Å². The molecular weight excluding hydrogens is 282 g/mol. The summed E-state index contributed by atoms with van der Waals surface area (Å²) < 4.78 is 11.0. The molecule has 0 heterocycles. The van der Waals surface area contributed by atoms with E-state index < -0.39 is 0 Å². The molecule has 1 aliphatic rings. The summed E-state index contributed by atoms with van der Waals surface area (Å²) in [6.07, 6.45) is 3.79. The number of hydrogen-bond acceptors (Lipinski definition) is 4. The van der Waals surface area contributed by atoms with Crippen molar-refractivity contribution < 1.29 is 19.1 Å². The fraction of sp³-hybridized carbons (Fsp3) is 0.529. The first-order valence-corrected chi connectivity index (χ1v) is 7.73. The van der Waals surface area contributed by atoms with Crippen molar-refractivity contribution in [3.05, 3.63) is 17.7 Å². The Labute approximate surface area is 131 Å². The third-order valence-corrected chi connectivity index (χ3v) is 3.64. The van der Waals surface area contributed by atoms with E-state index in [1.165, 1.54) is 14.0 Å². The number of carbonyl (C=O) groups excluding carboxylic acids is 2. The van der Waals surface area contributed by atoms with E-state index in [1.54, 1.807) is 12.1 Å². The topological polar surface area (TPSA) is 64.6 Å². The Morgan fingerprint density at radius 2 is 2.00 bits per heavy atom. The lowest BCUT2D eigenvalue weighted by Gasteiger charge is -2.15. The summed E-state index contributed by atoms with van der Waals surface area (Å²) in [5.74, 6) is 0.973. The quantitative estimate of drug-likeness (QED) is 0.590. The Bertz CT molecular complexity index is 564. The van der Waals surface area contributed by atoms with Gasteiger partial charge in [0.05, 0.1) is 19.4 Å². The van der Waals surface area contributed by atoms with Gasteiger partial charge in [-0.15, -0.1) is 0 Å². The molecule has 1 aromatic rings. The molecule has 1 aromatic carbocycles. The lowest BCUT2D eigenvalue weighted by atomic mass is 10.1. The first-order chi connectivity index (χ1) is 10.6. The fourth-order valence-corrected chi connectivity index (χ4v) is 2.13. The van der Waals surface area contributed by atoms with Crippen molar-refractivity contribution >= 4 is 17.4 Å². The summed E-state index contributed by atoms with van der Waals surface area (Å²) in [5, 5.41) is 2.84. The van der Waals surface area contributed by atoms with Crippen molar-refractivity contribution in [2.24, 2.45) is 5.92 Å². The second-order valence-electron chi connectivity index (χ2n) is 5.57. The Morgan fingerprint density at radius 1 is 1.27 bits per heavy atom. The molecule has 0 saturated heterocycles. The standard InChI is InChI=1S/C17H23NO4/c1-4-5-8-22-16-10-14(18-17(20)12-6-7-12)13(11(2)19)9-15(16)21-3/h9-10,12H,4-8H2,1-3H3,(H,18,20). The summed E-state index contributed by atoms with van der Waals surface area (Å²) in [6, 6.07) is 3.32. The van der Waals surface area contributed by atoms with Gasteiger partial charge < -0.3 is 14.8 Å². The van der Waals surface area contributed by atoms with Gasteiger partial charge in [0.25, 0.3) is 0 Å². The smallest absolute Gasteiger partial charge is 0.227 e. The van der Waals surface area contributed by atoms with Gasteiger partial charge in [0.15, 0.2) is 17.3 Å². The molecule has 0 aromatic heterocycles. The highest BCUT2D eigenvalue weighted by Gasteiger charge is 2.30. The van der Waals surface area contributed by atoms with Crippen LogP contribution in [0.25, 0.3) is 0 Å². The normalized spacial score (nSPS) is 13.6. The number of amides is 1. The van der Waals surface area contributed by atoms with Crippen LogP contribution in [0.15, 0.2) is 12.1 Å². The molecule has 22 heavy (non-hydrogen) atoms. The predicted molar refractivity (Wildman–Crippen MR) is 84.8 cm³/mol. The Morgan fingerprint density at radius 3 is 2.55 bits per heavy atom. The van der Waals surface area contributed by atoms with Crippen molar-refractivity contribution in [1.29, 1.82) is 0 Å². The molecule has 5 nitrogen and oxygen atoms in total. The average Bonchev–Trinajstić information content (AvgIpc) is 3.32. The van der Waals surface area contributed by atoms with Crippen molar-refractivity contribution in [2.75, 3.05) is 19.0 Å². The van der Waals surface area contributed by atoms with Crippen LogP contribution in [0.2, 0.25) is 0 Å². The molecule has 1 saturated carbocycles. The van der Waals surface area contributed by atoms with Gasteiger partial charge in [0.1, 0.15) is 0 Å². The van der Waals surface area contributed by atoms with Gasteiger partial charge >= 0.3 is 0 Å². The third-order valence-electron chi connectivity index (χ3n) is 3.64. The van der Waals surface area contributed by atoms with Gasteiger partial charge in [0, 0.05) is 17.5 Å². The Kier molecular flexibility index (Phi) is 5.41. The monoisotopic (exact) mass is 305 g/mol. The van der Waals surface area contributed by atoms with E-state index in [-0.39, 0.29) is 17.6 Å². The predicted octanol–water partition coefficient (Wildman–Crippen LogP) is 3.43. The van der Waals surface area contributed by atoms with Gasteiger partial charge in [-0.1, -0.05) is 13.3 Å². The zero-order valence-electron chi connectivity index (χ0n) is 13.4. The number of carbonyl (C=O) groups is 2. The minimum absolute atomic E-state index is 0.0350. The summed E-state index contributed by atoms with van der Waals surface area (Å²) in [4.78, 5) is 23.8. The molecule has 0 unspecified atom stereocenters. The van der Waals surface area contributed by atoms with E-state index >= 15 is 0 Å². The maximum absolute atomic E-state index is 12.0. The number of Topliss-reactive ketones (excluding diaryl/α,β-unsaturated/α-hetero) is 1. The SMILES string of the molecule is CCCCOc1cc(NC(=O)C2CC2)c(C(C)=O)cc1OC. The second-order valence-corrected chi connectivity index (χ2v) is 5.57. The zero-order chi connectivity index (χ0) is 16.1. The largest absolute Gasteiger partial charge is 0.493 e. The lowest BCUT2D eigenvalue weighted by Crippen LogP contribution is -2.16. The van der Waals surface area contributed by atoms with Crippen molar-refractivity contribution in [3.8, 4) is 11.5 Å². The van der Waals surface area contributed by atoms with Gasteiger partial charge in [-0.25, -0.2) is 0 Å². The Hall–Kier alpha value is -2.04. The molecule has 1 aliphatic carbocycles. The zero-order valence-corrected chi connectivity index (χ0v) is 13.4. The van der Waals surface area contributed by atoms with E-state index in [1.807, 2.05) is 0 Å². The summed E-state index contributed by atoms with van der Waals surface area (Å²) in [6.45, 7) is 4.13. The van der Waals surface area contributed by atoms with E-state index in [2.05, 4.69) is 12.2 Å². The number of unbranched alkanes of at least 4 members (excludes halogenated alkanes) is 1. The molecule has 1 amide bonds. The molecule has 2 rings (SSSR count). The Balaban J connectivity index is 2.28. The summed E-state index contributed by atoms with van der Waals surface area (Å²) in [7, 11) is 1.54. The van der Waals surface area contributed by atoms with E-state index in [4.69, 9.17) is 9.47 Å². The van der Waals surface area contributed by atoms with Crippen LogP contribution < -0.4 is 14.8 Å². The van der Waals surface area contributed by atoms with Crippen molar-refractivity contribution in [1.82, 2.24) is 0 Å². The number of ether oxygens (including phenoxy) is 2. The van der Waals surface area contributed by atoms with Gasteiger partial charge in [-0.05, 0) is 32.3 Å². The highest BCUT2D eigenvalue weighted by atomic mass is 16.5. The van der Waals surface area contributed by atoms with Crippen LogP contribution in [0.5, 0.6) is 11.5 Å². The van der Waals surface area contributed by atoms with Crippen LogP contribution >= 0.6 is 0 Å². The van der Waals surface area contributed by atoms with Crippen molar-refractivity contribution in [2.45, 2.75) is 39.5 Å². The fourth-order valence-electron chi connectivity index (χ4n) is 2.13.